The fraction of sp³-hybridized carbons (Fsp3) is 0.800. The normalized spacial score (nSPS) is 45.7. The van der Waals surface area contributed by atoms with E-state index < -0.39 is 12.1 Å². The second-order valence-electron chi connectivity index (χ2n) is 6.78. The van der Waals surface area contributed by atoms with Gasteiger partial charge in [0.05, 0.1) is 18.3 Å². The Balaban J connectivity index is 1.74. The Morgan fingerprint density at radius 1 is 1.58 bits per heavy atom. The summed E-state index contributed by atoms with van der Waals surface area (Å²) in [5.74, 6) is 0.242. The van der Waals surface area contributed by atoms with E-state index in [1.807, 2.05) is 0 Å². The van der Waals surface area contributed by atoms with Crippen molar-refractivity contribution in [2.75, 3.05) is 6.61 Å². The average molecular weight is 266 g/mol. The van der Waals surface area contributed by atoms with Gasteiger partial charge in [0.25, 0.3) is 0 Å². The molecule has 5 atom stereocenters. The molecule has 2 N–H and O–H groups in total. The van der Waals surface area contributed by atoms with Crippen LogP contribution in [0.4, 0.5) is 0 Å². The van der Waals surface area contributed by atoms with Crippen LogP contribution < -0.4 is 0 Å². The highest BCUT2D eigenvalue weighted by Gasteiger charge is 2.69. The molecule has 0 amide bonds. The third-order valence-corrected chi connectivity index (χ3v) is 5.79. The number of aliphatic hydroxyl groups is 1. The van der Waals surface area contributed by atoms with Gasteiger partial charge in [-0.1, -0.05) is 0 Å². The average Bonchev–Trinajstić information content (AvgIpc) is 2.46. The summed E-state index contributed by atoms with van der Waals surface area (Å²) < 4.78 is 6.03. The van der Waals surface area contributed by atoms with Gasteiger partial charge in [0.2, 0.25) is 0 Å². The Bertz CT molecular complexity index is 441. The van der Waals surface area contributed by atoms with Crippen LogP contribution in [0.5, 0.6) is 0 Å². The molecular formula is C15H22O4. The van der Waals surface area contributed by atoms with Gasteiger partial charge in [-0.25, -0.2) is 4.79 Å². The van der Waals surface area contributed by atoms with Crippen molar-refractivity contribution in [1.29, 1.82) is 0 Å². The minimum atomic E-state index is -0.960. The zero-order chi connectivity index (χ0) is 13.8. The summed E-state index contributed by atoms with van der Waals surface area (Å²) in [6.07, 6.45) is 4.96. The van der Waals surface area contributed by atoms with E-state index in [0.717, 1.165) is 13.0 Å². The lowest BCUT2D eigenvalue weighted by Gasteiger charge is -2.59. The molecule has 1 heterocycles. The van der Waals surface area contributed by atoms with Crippen LogP contribution in [0.3, 0.4) is 0 Å². The van der Waals surface area contributed by atoms with Crippen molar-refractivity contribution in [3.05, 3.63) is 11.6 Å². The van der Waals surface area contributed by atoms with Crippen molar-refractivity contribution in [2.24, 2.45) is 17.3 Å². The molecule has 0 aromatic carbocycles. The standard InChI is InChI=1S/C15H22O4/c1-9(13(17)18)5-11(16)7-15-8-19-14(2)4-3-10(15)6-12(14)15/h5,10-12,16H,3-4,6-8H2,1-2H3,(H,17,18)/b9-5+/t10-,11+,12-,14+,15?/m0/s1. The van der Waals surface area contributed by atoms with Gasteiger partial charge >= 0.3 is 5.97 Å². The number of aliphatic hydroxyl groups excluding tert-OH is 1. The topological polar surface area (TPSA) is 66.8 Å². The van der Waals surface area contributed by atoms with Crippen LogP contribution in [-0.4, -0.2) is 34.5 Å². The number of hydrogen-bond acceptors (Lipinski definition) is 3. The maximum atomic E-state index is 10.8. The second-order valence-corrected chi connectivity index (χ2v) is 6.78. The zero-order valence-corrected chi connectivity index (χ0v) is 11.6. The summed E-state index contributed by atoms with van der Waals surface area (Å²) >= 11 is 0. The van der Waals surface area contributed by atoms with Gasteiger partial charge in [-0.2, -0.15) is 0 Å². The molecule has 4 fully saturated rings. The van der Waals surface area contributed by atoms with E-state index in [4.69, 9.17) is 9.84 Å². The number of carbonyl (C=O) groups is 1. The fourth-order valence-corrected chi connectivity index (χ4v) is 4.64. The number of aliphatic carboxylic acids is 1. The Morgan fingerprint density at radius 2 is 2.32 bits per heavy atom. The molecule has 4 heteroatoms. The summed E-state index contributed by atoms with van der Waals surface area (Å²) in [4.78, 5) is 10.8. The summed E-state index contributed by atoms with van der Waals surface area (Å²) in [7, 11) is 0. The quantitative estimate of drug-likeness (QED) is 0.763. The first-order valence-electron chi connectivity index (χ1n) is 7.11. The lowest BCUT2D eigenvalue weighted by Crippen LogP contribution is -2.58. The maximum absolute atomic E-state index is 10.8. The Hall–Kier alpha value is -0.870. The fourth-order valence-electron chi connectivity index (χ4n) is 4.64. The molecule has 3 aliphatic carbocycles. The van der Waals surface area contributed by atoms with Crippen LogP contribution in [0.15, 0.2) is 11.6 Å². The first-order chi connectivity index (χ1) is 8.87. The van der Waals surface area contributed by atoms with Crippen LogP contribution in [0, 0.1) is 17.3 Å². The number of fused-ring (bicyclic) bond motifs is 1. The molecule has 0 aromatic rings. The van der Waals surface area contributed by atoms with Crippen molar-refractivity contribution >= 4 is 5.97 Å². The van der Waals surface area contributed by atoms with Gasteiger partial charge in [-0.05, 0) is 57.4 Å². The molecule has 0 spiro atoms. The van der Waals surface area contributed by atoms with E-state index in [-0.39, 0.29) is 16.6 Å². The predicted molar refractivity (Wildman–Crippen MR) is 69.6 cm³/mol. The monoisotopic (exact) mass is 266 g/mol. The van der Waals surface area contributed by atoms with Crippen LogP contribution in [-0.2, 0) is 9.53 Å². The number of carboxylic acid groups (broad SMARTS) is 1. The van der Waals surface area contributed by atoms with Gasteiger partial charge in [0.15, 0.2) is 0 Å². The number of rotatable bonds is 4. The Labute approximate surface area is 113 Å². The van der Waals surface area contributed by atoms with Gasteiger partial charge in [0, 0.05) is 11.0 Å². The molecule has 0 aromatic heterocycles. The zero-order valence-electron chi connectivity index (χ0n) is 11.6. The minimum Gasteiger partial charge on any atom is -0.478 e. The molecule has 1 saturated heterocycles. The number of hydrogen-bond donors (Lipinski definition) is 2. The predicted octanol–water partition coefficient (Wildman–Crippen LogP) is 1.97. The highest BCUT2D eigenvalue weighted by atomic mass is 16.5. The van der Waals surface area contributed by atoms with Gasteiger partial charge in [-0.3, -0.25) is 0 Å². The van der Waals surface area contributed by atoms with Crippen molar-refractivity contribution < 1.29 is 19.7 Å². The molecule has 19 heavy (non-hydrogen) atoms. The molecule has 4 bridgehead atoms. The summed E-state index contributed by atoms with van der Waals surface area (Å²) in [5, 5.41) is 19.0. The third-order valence-electron chi connectivity index (χ3n) is 5.79. The molecule has 106 valence electrons. The molecule has 1 aliphatic heterocycles. The Kier molecular flexibility index (Phi) is 2.81. The lowest BCUT2D eigenvalue weighted by atomic mass is 9.43. The molecule has 4 rings (SSSR count). The summed E-state index contributed by atoms with van der Waals surface area (Å²) in [6.45, 7) is 4.45. The van der Waals surface area contributed by atoms with Gasteiger partial charge in [0.1, 0.15) is 0 Å². The molecule has 3 saturated carbocycles. The number of carboxylic acids is 1. The first-order valence-corrected chi connectivity index (χ1v) is 7.11. The van der Waals surface area contributed by atoms with Crippen molar-refractivity contribution in [1.82, 2.24) is 0 Å². The van der Waals surface area contributed by atoms with E-state index in [9.17, 15) is 9.90 Å². The minimum absolute atomic E-state index is 0.0000267. The van der Waals surface area contributed by atoms with Gasteiger partial charge < -0.3 is 14.9 Å². The van der Waals surface area contributed by atoms with E-state index in [1.54, 1.807) is 0 Å². The Morgan fingerprint density at radius 3 is 2.95 bits per heavy atom. The highest BCUT2D eigenvalue weighted by Crippen LogP contribution is 2.70. The SMILES string of the molecule is C/C(=C\[C@@H](O)CC12CO[C@]3(C)CC[C@H]1C[C@H]23)C(=O)O. The van der Waals surface area contributed by atoms with Crippen molar-refractivity contribution in [3.8, 4) is 0 Å². The van der Waals surface area contributed by atoms with E-state index in [0.29, 0.717) is 18.3 Å². The second kappa shape index (κ2) is 4.06. The molecular weight excluding hydrogens is 244 g/mol. The van der Waals surface area contributed by atoms with Crippen LogP contribution in [0.25, 0.3) is 0 Å². The lowest BCUT2D eigenvalue weighted by molar-refractivity contribution is -0.133. The van der Waals surface area contributed by atoms with Crippen molar-refractivity contribution in [3.63, 3.8) is 0 Å². The number of ether oxygens (including phenoxy) is 1. The van der Waals surface area contributed by atoms with E-state index >= 15 is 0 Å². The highest BCUT2D eigenvalue weighted by molar-refractivity contribution is 5.85. The van der Waals surface area contributed by atoms with Crippen LogP contribution >= 0.6 is 0 Å². The van der Waals surface area contributed by atoms with Gasteiger partial charge in [-0.15, -0.1) is 0 Å². The molecule has 0 radical (unpaired) electrons. The third kappa shape index (κ3) is 1.77. The van der Waals surface area contributed by atoms with Crippen LogP contribution in [0.2, 0.25) is 0 Å². The summed E-state index contributed by atoms with van der Waals surface area (Å²) in [5.41, 5.74) is 0.317. The van der Waals surface area contributed by atoms with Crippen molar-refractivity contribution in [2.45, 2.75) is 51.2 Å². The van der Waals surface area contributed by atoms with Crippen LogP contribution in [0.1, 0.15) is 39.5 Å². The molecule has 1 unspecified atom stereocenters. The van der Waals surface area contributed by atoms with E-state index in [2.05, 4.69) is 6.92 Å². The largest absolute Gasteiger partial charge is 0.478 e. The molecule has 4 nitrogen and oxygen atoms in total. The first kappa shape index (κ1) is 13.1. The summed E-state index contributed by atoms with van der Waals surface area (Å²) in [6, 6.07) is 0. The smallest absolute Gasteiger partial charge is 0.331 e. The van der Waals surface area contributed by atoms with E-state index in [1.165, 1.54) is 25.8 Å². The maximum Gasteiger partial charge on any atom is 0.331 e. The molecule has 4 aliphatic rings.